The number of rotatable bonds is 6. The molecule has 3 rings (SSSR count). The highest BCUT2D eigenvalue weighted by Crippen LogP contribution is 2.21. The summed E-state index contributed by atoms with van der Waals surface area (Å²) in [5.74, 6) is 0.666. The van der Waals surface area contributed by atoms with Gasteiger partial charge in [-0.2, -0.15) is 0 Å². The van der Waals surface area contributed by atoms with Crippen molar-refractivity contribution in [2.75, 3.05) is 11.9 Å². The monoisotopic (exact) mass is 349 g/mol. The summed E-state index contributed by atoms with van der Waals surface area (Å²) in [6.07, 6.45) is 1.09. The number of hydrogen-bond acceptors (Lipinski definition) is 4. The summed E-state index contributed by atoms with van der Waals surface area (Å²) in [6.45, 7) is 6.06. The summed E-state index contributed by atoms with van der Waals surface area (Å²) in [5.41, 5.74) is 4.24. The lowest BCUT2D eigenvalue weighted by atomic mass is 9.99. The third kappa shape index (κ3) is 4.17. The number of benzene rings is 2. The Bertz CT molecular complexity index is 907. The number of aryl methyl sites for hydroxylation is 1. The first-order valence-electron chi connectivity index (χ1n) is 8.83. The quantitative estimate of drug-likeness (QED) is 0.713. The fraction of sp³-hybridized carbons (Fsp3) is 0.286. The van der Waals surface area contributed by atoms with Gasteiger partial charge in [0.1, 0.15) is 5.69 Å². The molecule has 0 saturated carbocycles. The van der Waals surface area contributed by atoms with E-state index in [1.165, 1.54) is 5.56 Å². The van der Waals surface area contributed by atoms with Crippen LogP contribution in [0.2, 0.25) is 0 Å². The van der Waals surface area contributed by atoms with Gasteiger partial charge in [-0.15, -0.1) is 0 Å². The number of ether oxygens (including phenoxy) is 1. The number of anilines is 1. The maximum absolute atomic E-state index is 12.2. The molecule has 0 saturated heterocycles. The van der Waals surface area contributed by atoms with Crippen molar-refractivity contribution in [3.63, 3.8) is 0 Å². The first-order valence-corrected chi connectivity index (χ1v) is 8.83. The second-order valence-corrected chi connectivity index (χ2v) is 6.37. The number of hydrogen-bond donors (Lipinski definition) is 1. The molecular weight excluding hydrogens is 326 g/mol. The Morgan fingerprint density at radius 1 is 1.08 bits per heavy atom. The summed E-state index contributed by atoms with van der Waals surface area (Å²) in [5, 5.41) is 2.84. The lowest BCUT2D eigenvalue weighted by Gasteiger charge is -2.11. The zero-order chi connectivity index (χ0) is 18.5. The molecule has 0 aliphatic carbocycles. The van der Waals surface area contributed by atoms with Gasteiger partial charge in [0, 0.05) is 5.69 Å². The van der Waals surface area contributed by atoms with Crippen LogP contribution < -0.4 is 10.1 Å². The van der Waals surface area contributed by atoms with Crippen molar-refractivity contribution < 1.29 is 9.53 Å². The van der Waals surface area contributed by atoms with Crippen LogP contribution in [0.1, 0.15) is 37.4 Å². The molecular formula is C21H23N3O2. The topological polar surface area (TPSA) is 64.1 Å². The molecule has 1 amide bonds. The molecule has 1 aromatic heterocycles. The molecule has 0 aliphatic rings. The average molecular weight is 349 g/mol. The van der Waals surface area contributed by atoms with E-state index in [9.17, 15) is 4.79 Å². The van der Waals surface area contributed by atoms with Crippen LogP contribution in [0.4, 0.5) is 5.69 Å². The van der Waals surface area contributed by atoms with Gasteiger partial charge in [0.2, 0.25) is 5.88 Å². The number of fused-ring (bicyclic) bond motifs is 1. The zero-order valence-corrected chi connectivity index (χ0v) is 15.3. The molecule has 0 bridgehead atoms. The van der Waals surface area contributed by atoms with Crippen LogP contribution in [0, 0.1) is 6.92 Å². The van der Waals surface area contributed by atoms with Crippen LogP contribution in [0.5, 0.6) is 5.88 Å². The number of aromatic nitrogens is 2. The van der Waals surface area contributed by atoms with E-state index in [0.29, 0.717) is 17.5 Å². The van der Waals surface area contributed by atoms with E-state index < -0.39 is 0 Å². The van der Waals surface area contributed by atoms with Crippen LogP contribution >= 0.6 is 0 Å². The van der Waals surface area contributed by atoms with E-state index in [0.717, 1.165) is 23.1 Å². The highest BCUT2D eigenvalue weighted by molar-refractivity contribution is 5.91. The van der Waals surface area contributed by atoms with Crippen molar-refractivity contribution in [1.82, 2.24) is 9.97 Å². The SMILES string of the molecule is CC[C@H](C)c1ccc(NC(=O)COc2nc3ccccc3nc2C)cc1. The number of nitrogens with one attached hydrogen (secondary N) is 1. The summed E-state index contributed by atoms with van der Waals surface area (Å²) in [4.78, 5) is 21.0. The summed E-state index contributed by atoms with van der Waals surface area (Å²) < 4.78 is 5.57. The van der Waals surface area contributed by atoms with Gasteiger partial charge in [-0.05, 0) is 49.1 Å². The number of carbonyl (C=O) groups is 1. The molecule has 134 valence electrons. The van der Waals surface area contributed by atoms with Gasteiger partial charge in [0.05, 0.1) is 11.0 Å². The lowest BCUT2D eigenvalue weighted by Crippen LogP contribution is -2.21. The Labute approximate surface area is 153 Å². The van der Waals surface area contributed by atoms with Crippen LogP contribution in [0.25, 0.3) is 11.0 Å². The average Bonchev–Trinajstić information content (AvgIpc) is 2.66. The van der Waals surface area contributed by atoms with Gasteiger partial charge in [0.15, 0.2) is 6.61 Å². The molecule has 5 heteroatoms. The highest BCUT2D eigenvalue weighted by Gasteiger charge is 2.10. The van der Waals surface area contributed by atoms with Gasteiger partial charge in [-0.25, -0.2) is 9.97 Å². The molecule has 0 aliphatic heterocycles. The molecule has 0 unspecified atom stereocenters. The first-order chi connectivity index (χ1) is 12.6. The van der Waals surface area contributed by atoms with E-state index in [-0.39, 0.29) is 12.5 Å². The predicted molar refractivity (Wildman–Crippen MR) is 104 cm³/mol. The minimum absolute atomic E-state index is 0.110. The van der Waals surface area contributed by atoms with Gasteiger partial charge in [-0.3, -0.25) is 4.79 Å². The predicted octanol–water partition coefficient (Wildman–Crippen LogP) is 4.47. The van der Waals surface area contributed by atoms with Crippen molar-refractivity contribution in [3.05, 3.63) is 59.8 Å². The molecule has 0 fully saturated rings. The highest BCUT2D eigenvalue weighted by atomic mass is 16.5. The summed E-state index contributed by atoms with van der Waals surface area (Å²) in [6, 6.07) is 15.5. The third-order valence-electron chi connectivity index (χ3n) is 4.42. The Balaban J connectivity index is 1.61. The Hall–Kier alpha value is -2.95. The van der Waals surface area contributed by atoms with Gasteiger partial charge in [-0.1, -0.05) is 38.1 Å². The first kappa shape index (κ1) is 17.9. The van der Waals surface area contributed by atoms with Crippen molar-refractivity contribution in [1.29, 1.82) is 0 Å². The third-order valence-corrected chi connectivity index (χ3v) is 4.42. The van der Waals surface area contributed by atoms with E-state index in [2.05, 4.69) is 29.1 Å². The van der Waals surface area contributed by atoms with Crippen LogP contribution in [0.15, 0.2) is 48.5 Å². The standard InChI is InChI=1S/C21H23N3O2/c1-4-14(2)16-9-11-17(12-10-16)23-20(25)13-26-21-15(3)22-18-7-5-6-8-19(18)24-21/h5-12,14H,4,13H2,1-3H3,(H,23,25)/t14-/m0/s1. The Morgan fingerprint density at radius 3 is 2.38 bits per heavy atom. The molecule has 2 aromatic carbocycles. The Kier molecular flexibility index (Phi) is 5.46. The number of nitrogens with zero attached hydrogens (tertiary/aromatic N) is 2. The van der Waals surface area contributed by atoms with E-state index in [4.69, 9.17) is 4.74 Å². The molecule has 26 heavy (non-hydrogen) atoms. The largest absolute Gasteiger partial charge is 0.466 e. The van der Waals surface area contributed by atoms with Crippen molar-refractivity contribution in [3.8, 4) is 5.88 Å². The molecule has 0 radical (unpaired) electrons. The van der Waals surface area contributed by atoms with Gasteiger partial charge >= 0.3 is 0 Å². The fourth-order valence-electron chi connectivity index (χ4n) is 2.67. The molecule has 0 spiro atoms. The molecule has 1 heterocycles. The molecule has 5 nitrogen and oxygen atoms in total. The smallest absolute Gasteiger partial charge is 0.262 e. The van der Waals surface area contributed by atoms with Crippen LogP contribution in [-0.4, -0.2) is 22.5 Å². The maximum atomic E-state index is 12.2. The maximum Gasteiger partial charge on any atom is 0.262 e. The van der Waals surface area contributed by atoms with Crippen LogP contribution in [-0.2, 0) is 4.79 Å². The second kappa shape index (κ2) is 7.95. The number of amides is 1. The number of para-hydroxylation sites is 2. The van der Waals surface area contributed by atoms with Crippen molar-refractivity contribution in [2.45, 2.75) is 33.1 Å². The zero-order valence-electron chi connectivity index (χ0n) is 15.3. The minimum Gasteiger partial charge on any atom is -0.466 e. The second-order valence-electron chi connectivity index (χ2n) is 6.37. The molecule has 3 aromatic rings. The summed E-state index contributed by atoms with van der Waals surface area (Å²) >= 11 is 0. The van der Waals surface area contributed by atoms with Gasteiger partial charge < -0.3 is 10.1 Å². The Morgan fingerprint density at radius 2 is 1.73 bits per heavy atom. The molecule has 1 atom stereocenters. The van der Waals surface area contributed by atoms with E-state index in [1.807, 2.05) is 55.5 Å². The summed E-state index contributed by atoms with van der Waals surface area (Å²) in [7, 11) is 0. The van der Waals surface area contributed by atoms with Crippen LogP contribution in [0.3, 0.4) is 0 Å². The normalized spacial score (nSPS) is 12.0. The number of carbonyl (C=O) groups excluding carboxylic acids is 1. The fourth-order valence-corrected chi connectivity index (χ4v) is 2.67. The van der Waals surface area contributed by atoms with E-state index >= 15 is 0 Å². The van der Waals surface area contributed by atoms with Crippen molar-refractivity contribution in [2.24, 2.45) is 0 Å². The molecule has 1 N–H and O–H groups in total. The van der Waals surface area contributed by atoms with E-state index in [1.54, 1.807) is 0 Å². The van der Waals surface area contributed by atoms with Crippen molar-refractivity contribution >= 4 is 22.6 Å². The minimum atomic E-state index is -0.226. The lowest BCUT2D eigenvalue weighted by molar-refractivity contribution is -0.118. The van der Waals surface area contributed by atoms with Gasteiger partial charge in [0.25, 0.3) is 5.91 Å².